The van der Waals surface area contributed by atoms with E-state index in [4.69, 9.17) is 5.73 Å². The maximum Gasteiger partial charge on any atom is 0.234 e. The second kappa shape index (κ2) is 7.46. The molecule has 0 aromatic carbocycles. The quantitative estimate of drug-likeness (QED) is 0.516. The molecule has 0 fully saturated rings. The van der Waals surface area contributed by atoms with Crippen LogP contribution in [0.1, 0.15) is 13.8 Å². The zero-order valence-electron chi connectivity index (χ0n) is 8.82. The molecular formula is C9H19N3O2. The topological polar surface area (TPSA) is 75.4 Å². The number of carbonyl (C=O) groups excluding carboxylic acids is 2. The highest BCUT2D eigenvalue weighted by Crippen LogP contribution is 1.85. The molecule has 1 amide bonds. The van der Waals surface area contributed by atoms with Gasteiger partial charge >= 0.3 is 0 Å². The van der Waals surface area contributed by atoms with Crippen molar-refractivity contribution in [2.24, 2.45) is 5.73 Å². The molecule has 0 saturated carbocycles. The van der Waals surface area contributed by atoms with Crippen LogP contribution in [0.3, 0.4) is 0 Å². The molecule has 0 aliphatic heterocycles. The van der Waals surface area contributed by atoms with Gasteiger partial charge in [0, 0.05) is 6.54 Å². The molecule has 0 radical (unpaired) electrons. The summed E-state index contributed by atoms with van der Waals surface area (Å²) in [7, 11) is 0. The van der Waals surface area contributed by atoms with Gasteiger partial charge in [-0.3, -0.25) is 9.69 Å². The summed E-state index contributed by atoms with van der Waals surface area (Å²) in [5.41, 5.74) is 5.32. The summed E-state index contributed by atoms with van der Waals surface area (Å²) in [6, 6.07) is -0.601. The van der Waals surface area contributed by atoms with Crippen molar-refractivity contribution < 1.29 is 9.59 Å². The average Bonchev–Trinajstić information content (AvgIpc) is 2.22. The number of carbonyl (C=O) groups is 2. The lowest BCUT2D eigenvalue weighted by atomic mass is 10.3. The first kappa shape index (κ1) is 13.1. The molecule has 0 aromatic rings. The molecule has 0 aliphatic rings. The Morgan fingerprint density at radius 3 is 2.50 bits per heavy atom. The zero-order valence-corrected chi connectivity index (χ0v) is 8.82. The SMILES string of the molecule is CCN(CC)CC(=O)NCC(N)C=O. The Bertz CT molecular complexity index is 181. The summed E-state index contributed by atoms with van der Waals surface area (Å²) in [5.74, 6) is -0.0917. The monoisotopic (exact) mass is 201 g/mol. The lowest BCUT2D eigenvalue weighted by Crippen LogP contribution is -2.42. The van der Waals surface area contributed by atoms with Crippen LogP contribution in [-0.4, -0.2) is 49.3 Å². The first-order valence-electron chi connectivity index (χ1n) is 4.83. The van der Waals surface area contributed by atoms with Crippen LogP contribution in [0, 0.1) is 0 Å². The van der Waals surface area contributed by atoms with Gasteiger partial charge in [-0.2, -0.15) is 0 Å². The molecule has 0 rings (SSSR count). The molecule has 0 bridgehead atoms. The van der Waals surface area contributed by atoms with E-state index in [9.17, 15) is 9.59 Å². The molecule has 82 valence electrons. The Morgan fingerprint density at radius 2 is 2.07 bits per heavy atom. The predicted molar refractivity (Wildman–Crippen MR) is 54.8 cm³/mol. The number of amides is 1. The van der Waals surface area contributed by atoms with Gasteiger partial charge in [-0.05, 0) is 13.1 Å². The highest BCUT2D eigenvalue weighted by atomic mass is 16.2. The zero-order chi connectivity index (χ0) is 11.0. The Hall–Kier alpha value is -0.940. The van der Waals surface area contributed by atoms with Crippen molar-refractivity contribution in [2.75, 3.05) is 26.2 Å². The van der Waals surface area contributed by atoms with Gasteiger partial charge < -0.3 is 15.8 Å². The maximum absolute atomic E-state index is 11.3. The number of nitrogens with two attached hydrogens (primary N) is 1. The molecular weight excluding hydrogens is 182 g/mol. The maximum atomic E-state index is 11.3. The van der Waals surface area contributed by atoms with Crippen LogP contribution in [0.2, 0.25) is 0 Å². The molecule has 5 nitrogen and oxygen atoms in total. The predicted octanol–water partition coefficient (Wildman–Crippen LogP) is -1.03. The van der Waals surface area contributed by atoms with E-state index in [2.05, 4.69) is 5.32 Å². The summed E-state index contributed by atoms with van der Waals surface area (Å²) < 4.78 is 0. The van der Waals surface area contributed by atoms with Gasteiger partial charge in [0.1, 0.15) is 6.29 Å². The van der Waals surface area contributed by atoms with Crippen molar-refractivity contribution in [3.05, 3.63) is 0 Å². The second-order valence-electron chi connectivity index (χ2n) is 3.07. The van der Waals surface area contributed by atoms with Crippen molar-refractivity contribution in [3.63, 3.8) is 0 Å². The van der Waals surface area contributed by atoms with Crippen LogP contribution in [-0.2, 0) is 9.59 Å². The second-order valence-corrected chi connectivity index (χ2v) is 3.07. The third-order valence-electron chi connectivity index (χ3n) is 1.97. The number of nitrogens with one attached hydrogen (secondary N) is 1. The first-order valence-corrected chi connectivity index (χ1v) is 4.83. The minimum atomic E-state index is -0.601. The first-order chi connectivity index (χ1) is 6.63. The van der Waals surface area contributed by atoms with Crippen LogP contribution in [0.5, 0.6) is 0 Å². The standard InChI is InChI=1S/C9H19N3O2/c1-3-12(4-2)6-9(14)11-5-8(10)7-13/h7-8H,3-6,10H2,1-2H3,(H,11,14). The Kier molecular flexibility index (Phi) is 6.96. The lowest BCUT2D eigenvalue weighted by Gasteiger charge is -2.17. The molecule has 1 unspecified atom stereocenters. The number of rotatable bonds is 7. The number of likely N-dealkylation sites (N-methyl/N-ethyl adjacent to an activating group) is 1. The minimum Gasteiger partial charge on any atom is -0.353 e. The summed E-state index contributed by atoms with van der Waals surface area (Å²) in [5, 5.41) is 2.60. The van der Waals surface area contributed by atoms with Gasteiger partial charge in [-0.1, -0.05) is 13.8 Å². The number of nitrogens with zero attached hydrogens (tertiary/aromatic N) is 1. The molecule has 0 aliphatic carbocycles. The average molecular weight is 201 g/mol. The molecule has 1 atom stereocenters. The van der Waals surface area contributed by atoms with Gasteiger partial charge in [0.15, 0.2) is 0 Å². The van der Waals surface area contributed by atoms with E-state index in [-0.39, 0.29) is 12.5 Å². The van der Waals surface area contributed by atoms with Gasteiger partial charge in [-0.15, -0.1) is 0 Å². The Labute approximate surface area is 84.6 Å². The van der Waals surface area contributed by atoms with E-state index in [0.717, 1.165) is 13.1 Å². The molecule has 0 saturated heterocycles. The molecule has 3 N–H and O–H groups in total. The minimum absolute atomic E-state index is 0.0917. The van der Waals surface area contributed by atoms with E-state index < -0.39 is 6.04 Å². The molecule has 0 heterocycles. The van der Waals surface area contributed by atoms with E-state index in [0.29, 0.717) is 12.8 Å². The number of aldehydes is 1. The van der Waals surface area contributed by atoms with E-state index in [1.807, 2.05) is 18.7 Å². The van der Waals surface area contributed by atoms with Crippen molar-refractivity contribution in [2.45, 2.75) is 19.9 Å². The van der Waals surface area contributed by atoms with Crippen LogP contribution in [0.4, 0.5) is 0 Å². The molecule has 14 heavy (non-hydrogen) atoms. The molecule has 0 aromatic heterocycles. The van der Waals surface area contributed by atoms with Crippen LogP contribution in [0.25, 0.3) is 0 Å². The van der Waals surface area contributed by atoms with Crippen molar-refractivity contribution in [1.82, 2.24) is 10.2 Å². The molecule has 0 spiro atoms. The normalized spacial score (nSPS) is 12.6. The highest BCUT2D eigenvalue weighted by molar-refractivity contribution is 5.78. The van der Waals surface area contributed by atoms with Crippen molar-refractivity contribution in [1.29, 1.82) is 0 Å². The van der Waals surface area contributed by atoms with Gasteiger partial charge in [0.2, 0.25) is 5.91 Å². The number of hydrogen-bond acceptors (Lipinski definition) is 4. The van der Waals surface area contributed by atoms with E-state index in [1.165, 1.54) is 0 Å². The van der Waals surface area contributed by atoms with Gasteiger partial charge in [0.05, 0.1) is 12.6 Å². The summed E-state index contributed by atoms with van der Waals surface area (Å²) >= 11 is 0. The van der Waals surface area contributed by atoms with Crippen LogP contribution in [0.15, 0.2) is 0 Å². The fourth-order valence-corrected chi connectivity index (χ4v) is 0.986. The largest absolute Gasteiger partial charge is 0.353 e. The van der Waals surface area contributed by atoms with Gasteiger partial charge in [0.25, 0.3) is 0 Å². The van der Waals surface area contributed by atoms with Crippen LogP contribution >= 0.6 is 0 Å². The van der Waals surface area contributed by atoms with Crippen molar-refractivity contribution >= 4 is 12.2 Å². The van der Waals surface area contributed by atoms with E-state index in [1.54, 1.807) is 0 Å². The highest BCUT2D eigenvalue weighted by Gasteiger charge is 2.07. The fraction of sp³-hybridized carbons (Fsp3) is 0.778. The van der Waals surface area contributed by atoms with Crippen LogP contribution < -0.4 is 11.1 Å². The van der Waals surface area contributed by atoms with Crippen molar-refractivity contribution in [3.8, 4) is 0 Å². The van der Waals surface area contributed by atoms with E-state index >= 15 is 0 Å². The summed E-state index contributed by atoms with van der Waals surface area (Å²) in [6.07, 6.45) is 0.623. The smallest absolute Gasteiger partial charge is 0.234 e. The van der Waals surface area contributed by atoms with Gasteiger partial charge in [-0.25, -0.2) is 0 Å². The molecule has 5 heteroatoms. The number of hydrogen-bond donors (Lipinski definition) is 2. The summed E-state index contributed by atoms with van der Waals surface area (Å²) in [6.45, 7) is 6.23. The third-order valence-corrected chi connectivity index (χ3v) is 1.97. The third kappa shape index (κ3) is 5.66. The Balaban J connectivity index is 3.69. The Morgan fingerprint density at radius 1 is 1.50 bits per heavy atom. The lowest BCUT2D eigenvalue weighted by molar-refractivity contribution is -0.122. The fourth-order valence-electron chi connectivity index (χ4n) is 0.986. The summed E-state index contributed by atoms with van der Waals surface area (Å²) in [4.78, 5) is 23.4.